The van der Waals surface area contributed by atoms with Crippen molar-refractivity contribution in [1.29, 1.82) is 0 Å². The molecule has 240 valence electrons. The van der Waals surface area contributed by atoms with Crippen molar-refractivity contribution in [3.05, 3.63) is 0 Å². The topological polar surface area (TPSA) is 83.8 Å². The summed E-state index contributed by atoms with van der Waals surface area (Å²) in [5.74, 6) is -0.802. The first-order valence-corrected chi connectivity index (χ1v) is 19.3. The summed E-state index contributed by atoms with van der Waals surface area (Å²) in [5, 5.41) is 0. The van der Waals surface area contributed by atoms with Crippen molar-refractivity contribution in [2.75, 3.05) is 0 Å². The van der Waals surface area contributed by atoms with Crippen molar-refractivity contribution in [2.24, 2.45) is 0 Å². The van der Waals surface area contributed by atoms with Crippen molar-refractivity contribution in [2.45, 2.75) is 212 Å². The first-order valence-electron chi connectivity index (χ1n) is 17.7. The van der Waals surface area contributed by atoms with E-state index in [0.717, 1.165) is 12.8 Å². The molecule has 0 aliphatic carbocycles. The van der Waals surface area contributed by atoms with E-state index in [9.17, 15) is 9.36 Å². The van der Waals surface area contributed by atoms with Crippen molar-refractivity contribution in [3.63, 3.8) is 0 Å². The lowest BCUT2D eigenvalue weighted by atomic mass is 10.0. The Hall–Kier alpha value is -0.380. The molecule has 0 rings (SSSR count). The van der Waals surface area contributed by atoms with E-state index in [1.165, 1.54) is 180 Å². The Morgan fingerprint density at radius 2 is 0.625 bits per heavy atom. The number of unbranched alkanes of at least 4 members (excludes halogenated alkanes) is 30. The van der Waals surface area contributed by atoms with Crippen molar-refractivity contribution < 1.29 is 23.7 Å². The maximum Gasteiger partial charge on any atom is 0.526 e. The van der Waals surface area contributed by atoms with E-state index in [2.05, 4.69) is 11.4 Å². The van der Waals surface area contributed by atoms with Gasteiger partial charge in [-0.2, -0.15) is 0 Å². The molecule has 0 aromatic carbocycles. The van der Waals surface area contributed by atoms with Crippen LogP contribution in [0.2, 0.25) is 0 Å². The van der Waals surface area contributed by atoms with Gasteiger partial charge in [-0.1, -0.05) is 200 Å². The average Bonchev–Trinajstić information content (AvgIpc) is 2.90. The molecule has 0 amide bonds. The number of hydrogen-bond donors (Lipinski definition) is 2. The minimum Gasteiger partial charge on any atom is -0.371 e. The third kappa shape index (κ3) is 35.6. The molecule has 5 nitrogen and oxygen atoms in total. The van der Waals surface area contributed by atoms with E-state index in [0.29, 0.717) is 6.42 Å². The SMILES string of the molecule is CCCCCCCCCCCCCCCCCCCCCCCCCCCCCCCCCC(=O)OP(=O)(O)O. The Kier molecular flexibility index (Phi) is 31.3. The van der Waals surface area contributed by atoms with Crippen LogP contribution in [-0.2, 0) is 13.9 Å². The molecule has 0 aromatic heterocycles. The van der Waals surface area contributed by atoms with Crippen LogP contribution in [0, 0.1) is 0 Å². The molecule has 0 radical (unpaired) electrons. The van der Waals surface area contributed by atoms with Gasteiger partial charge < -0.3 is 4.52 Å². The van der Waals surface area contributed by atoms with E-state index < -0.39 is 13.8 Å². The van der Waals surface area contributed by atoms with Crippen LogP contribution in [0.25, 0.3) is 0 Å². The maximum atomic E-state index is 11.2. The molecule has 0 fully saturated rings. The fourth-order valence-electron chi connectivity index (χ4n) is 5.65. The molecular formula is C34H69O5P. The van der Waals surface area contributed by atoms with E-state index in [-0.39, 0.29) is 6.42 Å². The van der Waals surface area contributed by atoms with Crippen LogP contribution in [0.15, 0.2) is 0 Å². The average molecular weight is 589 g/mol. The summed E-state index contributed by atoms with van der Waals surface area (Å²) < 4.78 is 14.6. The predicted octanol–water partition coefficient (Wildman–Crippen LogP) is 12.1. The molecule has 0 aromatic rings. The minimum absolute atomic E-state index is 0.0879. The Balaban J connectivity index is 3.09. The number of carbonyl (C=O) groups excluding carboxylic acids is 1. The second-order valence-electron chi connectivity index (χ2n) is 12.3. The highest BCUT2D eigenvalue weighted by Crippen LogP contribution is 2.36. The van der Waals surface area contributed by atoms with Crippen LogP contribution in [-0.4, -0.2) is 15.8 Å². The Bertz CT molecular complexity index is 563. The van der Waals surface area contributed by atoms with Gasteiger partial charge in [0, 0.05) is 6.42 Å². The van der Waals surface area contributed by atoms with Gasteiger partial charge in [-0.25, -0.2) is 4.57 Å². The quantitative estimate of drug-likeness (QED) is 0.0588. The molecule has 0 aliphatic heterocycles. The third-order valence-corrected chi connectivity index (χ3v) is 8.65. The molecular weight excluding hydrogens is 519 g/mol. The van der Waals surface area contributed by atoms with Gasteiger partial charge in [-0.05, 0) is 6.42 Å². The summed E-state index contributed by atoms with van der Waals surface area (Å²) in [6.45, 7) is 2.29. The van der Waals surface area contributed by atoms with Crippen molar-refractivity contribution >= 4 is 13.8 Å². The van der Waals surface area contributed by atoms with Gasteiger partial charge in [0.25, 0.3) is 0 Å². The molecule has 2 N–H and O–H groups in total. The van der Waals surface area contributed by atoms with Gasteiger partial charge in [-0.3, -0.25) is 14.6 Å². The normalized spacial score (nSPS) is 11.8. The summed E-state index contributed by atoms with van der Waals surface area (Å²) >= 11 is 0. The molecule has 0 spiro atoms. The van der Waals surface area contributed by atoms with E-state index in [4.69, 9.17) is 9.79 Å². The molecule has 0 heterocycles. The first-order chi connectivity index (χ1) is 19.5. The minimum atomic E-state index is -4.68. The van der Waals surface area contributed by atoms with Crippen LogP contribution in [0.1, 0.15) is 212 Å². The predicted molar refractivity (Wildman–Crippen MR) is 172 cm³/mol. The largest absolute Gasteiger partial charge is 0.526 e. The lowest BCUT2D eigenvalue weighted by molar-refractivity contribution is -0.135. The van der Waals surface area contributed by atoms with Gasteiger partial charge in [-0.15, -0.1) is 0 Å². The highest BCUT2D eigenvalue weighted by Gasteiger charge is 2.19. The monoisotopic (exact) mass is 588 g/mol. The third-order valence-electron chi connectivity index (χ3n) is 8.21. The molecule has 40 heavy (non-hydrogen) atoms. The smallest absolute Gasteiger partial charge is 0.371 e. The van der Waals surface area contributed by atoms with Gasteiger partial charge in [0.1, 0.15) is 0 Å². The summed E-state index contributed by atoms with van der Waals surface area (Å²) in [7, 11) is -4.68. The summed E-state index contributed by atoms with van der Waals surface area (Å²) in [4.78, 5) is 28.3. The zero-order valence-electron chi connectivity index (χ0n) is 26.7. The van der Waals surface area contributed by atoms with Crippen molar-refractivity contribution in [1.82, 2.24) is 0 Å². The fraction of sp³-hybridized carbons (Fsp3) is 0.971. The van der Waals surface area contributed by atoms with Crippen LogP contribution >= 0.6 is 7.82 Å². The highest BCUT2D eigenvalue weighted by atomic mass is 31.2. The lowest BCUT2D eigenvalue weighted by Crippen LogP contribution is -2.01. The molecule has 0 atom stereocenters. The fourth-order valence-corrected chi connectivity index (χ4v) is 6.00. The van der Waals surface area contributed by atoms with Gasteiger partial charge in [0.15, 0.2) is 0 Å². The van der Waals surface area contributed by atoms with E-state index >= 15 is 0 Å². The van der Waals surface area contributed by atoms with Crippen LogP contribution < -0.4 is 0 Å². The molecule has 0 saturated heterocycles. The number of phosphoric ester groups is 1. The molecule has 0 unspecified atom stereocenters. The van der Waals surface area contributed by atoms with Crippen molar-refractivity contribution in [3.8, 4) is 0 Å². The maximum absolute atomic E-state index is 11.2. The van der Waals surface area contributed by atoms with Crippen LogP contribution in [0.5, 0.6) is 0 Å². The molecule has 0 saturated carbocycles. The molecule has 6 heteroatoms. The van der Waals surface area contributed by atoms with E-state index in [1.807, 2.05) is 0 Å². The number of carbonyl (C=O) groups is 1. The van der Waals surface area contributed by atoms with Crippen LogP contribution in [0.3, 0.4) is 0 Å². The second kappa shape index (κ2) is 31.6. The first kappa shape index (κ1) is 39.6. The molecule has 0 bridgehead atoms. The summed E-state index contributed by atoms with van der Waals surface area (Å²) in [6.07, 6.45) is 42.2. The number of rotatable bonds is 33. The molecule has 0 aliphatic rings. The second-order valence-corrected chi connectivity index (χ2v) is 13.5. The standard InChI is InChI=1S/C34H69O5P/c1-2-3-4-5-6-7-8-9-10-11-12-13-14-15-16-17-18-19-20-21-22-23-24-25-26-27-28-29-30-31-32-33-34(35)39-40(36,37)38/h2-33H2,1H3,(H2,36,37,38). The summed E-state index contributed by atoms with van der Waals surface area (Å²) in [5.41, 5.74) is 0. The Morgan fingerprint density at radius 1 is 0.425 bits per heavy atom. The highest BCUT2D eigenvalue weighted by molar-refractivity contribution is 7.46. The van der Waals surface area contributed by atoms with Gasteiger partial charge in [0.05, 0.1) is 0 Å². The summed E-state index contributed by atoms with van der Waals surface area (Å²) in [6, 6.07) is 0. The zero-order chi connectivity index (χ0) is 29.4. The Morgan fingerprint density at radius 3 is 0.825 bits per heavy atom. The van der Waals surface area contributed by atoms with Gasteiger partial charge in [0.2, 0.25) is 0 Å². The Labute approximate surface area is 249 Å². The van der Waals surface area contributed by atoms with Crippen LogP contribution in [0.4, 0.5) is 0 Å². The van der Waals surface area contributed by atoms with Gasteiger partial charge >= 0.3 is 13.8 Å². The lowest BCUT2D eigenvalue weighted by Gasteiger charge is -2.05. The zero-order valence-corrected chi connectivity index (χ0v) is 27.6. The van der Waals surface area contributed by atoms with E-state index in [1.54, 1.807) is 0 Å². The number of hydrogen-bond acceptors (Lipinski definition) is 3. The number of phosphoric acid groups is 1.